The first-order chi connectivity index (χ1) is 9.47. The van der Waals surface area contributed by atoms with Gasteiger partial charge in [0.15, 0.2) is 0 Å². The Morgan fingerprint density at radius 1 is 1.30 bits per heavy atom. The highest BCUT2D eigenvalue weighted by atomic mass is 16.5. The number of carbonyl (C=O) groups is 3. The van der Waals surface area contributed by atoms with Crippen LogP contribution in [-0.4, -0.2) is 66.2 Å². The van der Waals surface area contributed by atoms with Gasteiger partial charge in [0.05, 0.1) is 7.11 Å². The van der Waals surface area contributed by atoms with Crippen molar-refractivity contribution in [1.82, 2.24) is 9.80 Å². The molecule has 0 saturated carbocycles. The number of carbonyl (C=O) groups excluding carboxylic acids is 2. The average Bonchev–Trinajstić information content (AvgIpc) is 2.44. The third kappa shape index (κ3) is 4.71. The normalized spacial score (nSPS) is 15.8. The number of aliphatic carboxylic acids is 1. The van der Waals surface area contributed by atoms with Crippen LogP contribution in [0.3, 0.4) is 0 Å². The standard InChI is InChI=1S/C13H22N2O5/c1-3-14(9-12(18)20-2)13(19)15-6-4-10(5-7-15)8-11(16)17/h10H,3-9H2,1-2H3,(H,16,17). The number of ether oxygens (including phenoxy) is 1. The van der Waals surface area contributed by atoms with Crippen molar-refractivity contribution < 1.29 is 24.2 Å². The van der Waals surface area contributed by atoms with Gasteiger partial charge >= 0.3 is 18.0 Å². The van der Waals surface area contributed by atoms with E-state index in [1.54, 1.807) is 11.8 Å². The van der Waals surface area contributed by atoms with E-state index in [0.717, 1.165) is 0 Å². The van der Waals surface area contributed by atoms with Gasteiger partial charge in [0.2, 0.25) is 0 Å². The molecule has 0 aromatic rings. The highest BCUT2D eigenvalue weighted by molar-refractivity contribution is 5.81. The fraction of sp³-hybridized carbons (Fsp3) is 0.769. The van der Waals surface area contributed by atoms with Crippen LogP contribution in [0, 0.1) is 5.92 Å². The first-order valence-electron chi connectivity index (χ1n) is 6.80. The number of urea groups is 1. The predicted molar refractivity (Wildman–Crippen MR) is 71.2 cm³/mol. The van der Waals surface area contributed by atoms with Crippen LogP contribution in [0.5, 0.6) is 0 Å². The van der Waals surface area contributed by atoms with Crippen LogP contribution in [0.25, 0.3) is 0 Å². The number of hydrogen-bond acceptors (Lipinski definition) is 4. The summed E-state index contributed by atoms with van der Waals surface area (Å²) in [5.41, 5.74) is 0. The highest BCUT2D eigenvalue weighted by Gasteiger charge is 2.27. The molecule has 1 heterocycles. The van der Waals surface area contributed by atoms with Crippen molar-refractivity contribution in [3.05, 3.63) is 0 Å². The number of nitrogens with zero attached hydrogens (tertiary/aromatic N) is 2. The summed E-state index contributed by atoms with van der Waals surface area (Å²) in [7, 11) is 1.29. The Morgan fingerprint density at radius 2 is 1.90 bits per heavy atom. The number of esters is 1. The number of likely N-dealkylation sites (N-methyl/N-ethyl adjacent to an activating group) is 1. The molecule has 7 nitrogen and oxygen atoms in total. The van der Waals surface area contributed by atoms with Crippen LogP contribution in [0.2, 0.25) is 0 Å². The van der Waals surface area contributed by atoms with Crippen LogP contribution < -0.4 is 0 Å². The van der Waals surface area contributed by atoms with Crippen molar-refractivity contribution in [2.24, 2.45) is 5.92 Å². The Morgan fingerprint density at radius 3 is 2.35 bits per heavy atom. The van der Waals surface area contributed by atoms with E-state index >= 15 is 0 Å². The Bertz CT molecular complexity index is 364. The van der Waals surface area contributed by atoms with Crippen molar-refractivity contribution in [2.45, 2.75) is 26.2 Å². The largest absolute Gasteiger partial charge is 0.481 e. The number of amides is 2. The first kappa shape index (κ1) is 16.3. The van der Waals surface area contributed by atoms with Crippen molar-refractivity contribution in [3.8, 4) is 0 Å². The van der Waals surface area contributed by atoms with Crippen molar-refractivity contribution in [1.29, 1.82) is 0 Å². The van der Waals surface area contributed by atoms with Crippen molar-refractivity contribution >= 4 is 18.0 Å². The molecule has 0 spiro atoms. The molecule has 2 amide bonds. The lowest BCUT2D eigenvalue weighted by Crippen LogP contribution is -2.48. The molecule has 7 heteroatoms. The molecular formula is C13H22N2O5. The summed E-state index contributed by atoms with van der Waals surface area (Å²) in [6.45, 7) is 3.25. The maximum absolute atomic E-state index is 12.2. The van der Waals surface area contributed by atoms with Gasteiger partial charge in [-0.05, 0) is 25.7 Å². The van der Waals surface area contributed by atoms with Crippen LogP contribution in [0.1, 0.15) is 26.2 Å². The third-order valence-corrected chi connectivity index (χ3v) is 3.55. The van der Waals surface area contributed by atoms with Gasteiger partial charge in [0, 0.05) is 26.1 Å². The Balaban J connectivity index is 2.48. The lowest BCUT2D eigenvalue weighted by atomic mass is 9.94. The van der Waals surface area contributed by atoms with E-state index in [1.807, 2.05) is 0 Å². The Labute approximate surface area is 118 Å². The fourth-order valence-electron chi connectivity index (χ4n) is 2.31. The van der Waals surface area contributed by atoms with E-state index in [2.05, 4.69) is 4.74 Å². The maximum atomic E-state index is 12.2. The first-order valence-corrected chi connectivity index (χ1v) is 6.80. The average molecular weight is 286 g/mol. The maximum Gasteiger partial charge on any atom is 0.325 e. The summed E-state index contributed by atoms with van der Waals surface area (Å²) in [6, 6.07) is -0.188. The molecule has 1 rings (SSSR count). The summed E-state index contributed by atoms with van der Waals surface area (Å²) in [6.07, 6.45) is 1.53. The van der Waals surface area contributed by atoms with E-state index in [4.69, 9.17) is 5.11 Å². The smallest absolute Gasteiger partial charge is 0.325 e. The molecule has 0 aromatic carbocycles. The van der Waals surface area contributed by atoms with Gasteiger partial charge < -0.3 is 19.6 Å². The summed E-state index contributed by atoms with van der Waals surface area (Å²) in [4.78, 5) is 37.2. The molecule has 1 saturated heterocycles. The fourth-order valence-corrected chi connectivity index (χ4v) is 2.31. The zero-order valence-electron chi connectivity index (χ0n) is 12.0. The minimum atomic E-state index is -0.796. The molecule has 1 aliphatic heterocycles. The van der Waals surface area contributed by atoms with E-state index in [9.17, 15) is 14.4 Å². The summed E-state index contributed by atoms with van der Waals surface area (Å²) < 4.78 is 4.56. The minimum Gasteiger partial charge on any atom is -0.481 e. The molecule has 20 heavy (non-hydrogen) atoms. The van der Waals surface area contributed by atoms with E-state index < -0.39 is 11.9 Å². The summed E-state index contributed by atoms with van der Waals surface area (Å²) in [5, 5.41) is 8.75. The lowest BCUT2D eigenvalue weighted by Gasteiger charge is -2.34. The third-order valence-electron chi connectivity index (χ3n) is 3.55. The monoisotopic (exact) mass is 286 g/mol. The SMILES string of the molecule is CCN(CC(=O)OC)C(=O)N1CCC(CC(=O)O)CC1. The second kappa shape index (κ2) is 7.72. The zero-order valence-corrected chi connectivity index (χ0v) is 12.0. The Kier molecular flexibility index (Phi) is 6.27. The molecule has 114 valence electrons. The molecule has 0 radical (unpaired) electrons. The number of hydrogen-bond donors (Lipinski definition) is 1. The van der Waals surface area contributed by atoms with Crippen LogP contribution in [-0.2, 0) is 14.3 Å². The zero-order chi connectivity index (χ0) is 15.1. The summed E-state index contributed by atoms with van der Waals surface area (Å²) >= 11 is 0. The Hall–Kier alpha value is -1.79. The van der Waals surface area contributed by atoms with Crippen molar-refractivity contribution in [3.63, 3.8) is 0 Å². The molecule has 0 aromatic heterocycles. The van der Waals surface area contributed by atoms with E-state index in [1.165, 1.54) is 12.0 Å². The minimum absolute atomic E-state index is 0.0547. The highest BCUT2D eigenvalue weighted by Crippen LogP contribution is 2.21. The topological polar surface area (TPSA) is 87.2 Å². The van der Waals surface area contributed by atoms with E-state index in [0.29, 0.717) is 32.5 Å². The number of carboxylic acid groups (broad SMARTS) is 1. The van der Waals surface area contributed by atoms with Gasteiger partial charge in [0.25, 0.3) is 0 Å². The van der Waals surface area contributed by atoms with Gasteiger partial charge in [-0.1, -0.05) is 0 Å². The van der Waals surface area contributed by atoms with Crippen LogP contribution in [0.4, 0.5) is 4.79 Å². The number of methoxy groups -OCH3 is 1. The second-order valence-corrected chi connectivity index (χ2v) is 4.90. The molecule has 0 aliphatic carbocycles. The number of likely N-dealkylation sites (tertiary alicyclic amines) is 1. The van der Waals surface area contributed by atoms with Gasteiger partial charge in [-0.25, -0.2) is 4.79 Å². The predicted octanol–water partition coefficient (Wildman–Crippen LogP) is 0.788. The van der Waals surface area contributed by atoms with Crippen LogP contribution >= 0.6 is 0 Å². The van der Waals surface area contributed by atoms with Gasteiger partial charge in [-0.2, -0.15) is 0 Å². The van der Waals surface area contributed by atoms with Gasteiger partial charge in [-0.15, -0.1) is 0 Å². The molecule has 1 fully saturated rings. The lowest BCUT2D eigenvalue weighted by molar-refractivity contribution is -0.141. The molecule has 0 atom stereocenters. The molecular weight excluding hydrogens is 264 g/mol. The van der Waals surface area contributed by atoms with Crippen molar-refractivity contribution in [2.75, 3.05) is 33.3 Å². The van der Waals surface area contributed by atoms with E-state index in [-0.39, 0.29) is 24.9 Å². The summed E-state index contributed by atoms with van der Waals surface area (Å²) in [5.74, 6) is -1.11. The molecule has 1 N–H and O–H groups in total. The quantitative estimate of drug-likeness (QED) is 0.755. The molecule has 0 bridgehead atoms. The van der Waals surface area contributed by atoms with Crippen LogP contribution in [0.15, 0.2) is 0 Å². The van der Waals surface area contributed by atoms with Gasteiger partial charge in [0.1, 0.15) is 6.54 Å². The molecule has 1 aliphatic rings. The number of rotatable bonds is 5. The van der Waals surface area contributed by atoms with Gasteiger partial charge in [-0.3, -0.25) is 9.59 Å². The second-order valence-electron chi connectivity index (χ2n) is 4.90. The number of carboxylic acids is 1. The number of piperidine rings is 1. The molecule has 0 unspecified atom stereocenters.